The zero-order valence-electron chi connectivity index (χ0n) is 19.5. The maximum absolute atomic E-state index is 10.7. The summed E-state index contributed by atoms with van der Waals surface area (Å²) in [5.41, 5.74) is 3.25. The molecule has 0 bridgehead atoms. The Balaban J connectivity index is 0.00000385. The fourth-order valence-electron chi connectivity index (χ4n) is 3.66. The number of aliphatic hydroxyl groups excluding tert-OH is 1. The first-order chi connectivity index (χ1) is 15.6. The maximum Gasteiger partial charge on any atom is 0.161 e. The Morgan fingerprint density at radius 1 is 0.848 bits per heavy atom. The van der Waals surface area contributed by atoms with E-state index in [9.17, 15) is 5.11 Å². The summed E-state index contributed by atoms with van der Waals surface area (Å²) < 4.78 is 16.5. The summed E-state index contributed by atoms with van der Waals surface area (Å²) in [6.45, 7) is 3.47. The van der Waals surface area contributed by atoms with Crippen molar-refractivity contribution in [3.05, 3.63) is 89.5 Å². The minimum Gasteiger partial charge on any atom is -1.00 e. The molecule has 3 aromatic carbocycles. The zero-order chi connectivity index (χ0) is 22.8. The van der Waals surface area contributed by atoms with Crippen molar-refractivity contribution in [1.82, 2.24) is 0 Å². The molecule has 5 nitrogen and oxygen atoms in total. The van der Waals surface area contributed by atoms with E-state index in [0.717, 1.165) is 36.3 Å². The molecule has 0 amide bonds. The van der Waals surface area contributed by atoms with Crippen LogP contribution < -0.4 is 31.9 Å². The van der Waals surface area contributed by atoms with Crippen LogP contribution in [0.25, 0.3) is 0 Å². The minimum absolute atomic E-state index is 0. The van der Waals surface area contributed by atoms with Crippen LogP contribution in [0.3, 0.4) is 0 Å². The summed E-state index contributed by atoms with van der Waals surface area (Å²) in [6.07, 6.45) is 1.63. The second-order valence-electron chi connectivity index (χ2n) is 7.96. The van der Waals surface area contributed by atoms with Crippen LogP contribution in [-0.2, 0) is 13.0 Å². The number of rotatable bonds is 12. The van der Waals surface area contributed by atoms with Crippen molar-refractivity contribution in [2.24, 2.45) is 0 Å². The van der Waals surface area contributed by atoms with Crippen molar-refractivity contribution in [2.75, 3.05) is 20.8 Å². The van der Waals surface area contributed by atoms with Crippen molar-refractivity contribution in [1.29, 1.82) is 0 Å². The highest BCUT2D eigenvalue weighted by Crippen LogP contribution is 2.28. The van der Waals surface area contributed by atoms with E-state index in [1.165, 1.54) is 5.56 Å². The van der Waals surface area contributed by atoms with Crippen LogP contribution in [0, 0.1) is 0 Å². The van der Waals surface area contributed by atoms with Gasteiger partial charge in [0, 0.05) is 6.42 Å². The lowest BCUT2D eigenvalue weighted by Gasteiger charge is -2.18. The standard InChI is InChI=1S/C27H33NO4.ClH/c1-20(28-17-7-10-21-8-5-4-6-9-21)27(29)23-12-14-24(15-13-23)32-19-22-11-16-25(30-2)26(18-22)31-3;/h4-6,8-9,11-16,18,20,27-29H,7,10,17,19H2,1-3H3;1H. The number of nitrogens with two attached hydrogens (primary N) is 1. The number of methoxy groups -OCH3 is 2. The molecule has 33 heavy (non-hydrogen) atoms. The van der Waals surface area contributed by atoms with Crippen molar-refractivity contribution < 1.29 is 37.0 Å². The molecular formula is C27H34ClNO4. The van der Waals surface area contributed by atoms with Crippen molar-refractivity contribution >= 4 is 0 Å². The Bertz CT molecular complexity index is 950. The van der Waals surface area contributed by atoms with E-state index in [0.29, 0.717) is 18.1 Å². The molecule has 0 spiro atoms. The normalized spacial score (nSPS) is 12.4. The first kappa shape index (κ1) is 26.5. The van der Waals surface area contributed by atoms with Crippen LogP contribution >= 0.6 is 0 Å². The van der Waals surface area contributed by atoms with Gasteiger partial charge in [0.15, 0.2) is 11.5 Å². The van der Waals surface area contributed by atoms with Gasteiger partial charge in [-0.3, -0.25) is 0 Å². The van der Waals surface area contributed by atoms with E-state index < -0.39 is 6.10 Å². The van der Waals surface area contributed by atoms with E-state index in [4.69, 9.17) is 14.2 Å². The molecule has 6 heteroatoms. The number of benzene rings is 3. The fourth-order valence-corrected chi connectivity index (χ4v) is 3.66. The molecule has 3 aromatic rings. The fraction of sp³-hybridized carbons (Fsp3) is 0.333. The van der Waals surface area contributed by atoms with Gasteiger partial charge in [0.05, 0.1) is 20.8 Å². The Kier molecular flexibility index (Phi) is 11.0. The number of hydrogen-bond acceptors (Lipinski definition) is 4. The highest BCUT2D eigenvalue weighted by atomic mass is 35.5. The van der Waals surface area contributed by atoms with Gasteiger partial charge >= 0.3 is 0 Å². The lowest BCUT2D eigenvalue weighted by molar-refractivity contribution is -0.694. The molecule has 0 aromatic heterocycles. The molecule has 3 rings (SSSR count). The van der Waals surface area contributed by atoms with Gasteiger partial charge in [-0.05, 0) is 54.3 Å². The summed E-state index contributed by atoms with van der Waals surface area (Å²) in [5, 5.41) is 12.9. The average molecular weight is 472 g/mol. The molecule has 2 unspecified atom stereocenters. The second-order valence-corrected chi connectivity index (χ2v) is 7.96. The molecule has 0 heterocycles. The average Bonchev–Trinajstić information content (AvgIpc) is 2.85. The maximum atomic E-state index is 10.7. The number of aliphatic hydroxyl groups is 1. The molecular weight excluding hydrogens is 438 g/mol. The molecule has 0 aliphatic rings. The van der Waals surface area contributed by atoms with Gasteiger partial charge in [-0.25, -0.2) is 0 Å². The smallest absolute Gasteiger partial charge is 0.161 e. The van der Waals surface area contributed by atoms with Crippen LogP contribution in [0.1, 0.15) is 36.1 Å². The van der Waals surface area contributed by atoms with Gasteiger partial charge in [0.2, 0.25) is 0 Å². The van der Waals surface area contributed by atoms with E-state index in [-0.39, 0.29) is 18.4 Å². The van der Waals surface area contributed by atoms with Crippen molar-refractivity contribution in [2.45, 2.75) is 38.5 Å². The van der Waals surface area contributed by atoms with E-state index in [2.05, 4.69) is 36.5 Å². The first-order valence-corrected chi connectivity index (χ1v) is 11.1. The quantitative estimate of drug-likeness (QED) is 0.385. The van der Waals surface area contributed by atoms with Crippen LogP contribution in [0.4, 0.5) is 0 Å². The highest BCUT2D eigenvalue weighted by molar-refractivity contribution is 5.43. The third-order valence-electron chi connectivity index (χ3n) is 5.62. The molecule has 178 valence electrons. The summed E-state index contributed by atoms with van der Waals surface area (Å²) in [6, 6.07) is 24.0. The van der Waals surface area contributed by atoms with Gasteiger partial charge in [-0.1, -0.05) is 48.5 Å². The largest absolute Gasteiger partial charge is 1.00 e. The van der Waals surface area contributed by atoms with E-state index in [1.54, 1.807) is 14.2 Å². The van der Waals surface area contributed by atoms with Gasteiger partial charge in [-0.2, -0.15) is 0 Å². The molecule has 0 saturated heterocycles. The van der Waals surface area contributed by atoms with E-state index >= 15 is 0 Å². The number of quaternary nitrogens is 1. The van der Waals surface area contributed by atoms with E-state index in [1.807, 2.05) is 48.5 Å². The lowest BCUT2D eigenvalue weighted by atomic mass is 10.0. The van der Waals surface area contributed by atoms with Gasteiger partial charge in [-0.15, -0.1) is 0 Å². The molecule has 0 radical (unpaired) electrons. The molecule has 0 fully saturated rings. The summed E-state index contributed by atoms with van der Waals surface area (Å²) in [4.78, 5) is 0. The molecule has 0 aliphatic carbocycles. The zero-order valence-corrected chi connectivity index (χ0v) is 20.3. The number of ether oxygens (including phenoxy) is 3. The topological polar surface area (TPSA) is 64.5 Å². The predicted molar refractivity (Wildman–Crippen MR) is 126 cm³/mol. The van der Waals surface area contributed by atoms with Crippen molar-refractivity contribution in [3.8, 4) is 17.2 Å². The van der Waals surface area contributed by atoms with Crippen LogP contribution in [0.15, 0.2) is 72.8 Å². The molecule has 0 saturated carbocycles. The highest BCUT2D eigenvalue weighted by Gasteiger charge is 2.19. The molecule has 0 aliphatic heterocycles. The predicted octanol–water partition coefficient (Wildman–Crippen LogP) is 0.905. The second kappa shape index (κ2) is 13.7. The summed E-state index contributed by atoms with van der Waals surface area (Å²) in [5.74, 6) is 2.14. The SMILES string of the molecule is COc1ccc(COc2ccc(C(O)C(C)[NH2+]CCCc3ccccc3)cc2)cc1OC.[Cl-]. The Labute approximate surface area is 203 Å². The van der Waals surface area contributed by atoms with Crippen LogP contribution in [0.5, 0.6) is 17.2 Å². The molecule has 2 atom stereocenters. The summed E-state index contributed by atoms with van der Waals surface area (Å²) in [7, 11) is 3.24. The first-order valence-electron chi connectivity index (χ1n) is 11.1. The Hall–Kier alpha value is -2.73. The number of hydrogen-bond donors (Lipinski definition) is 2. The van der Waals surface area contributed by atoms with Gasteiger partial charge in [0.1, 0.15) is 24.5 Å². The summed E-state index contributed by atoms with van der Waals surface area (Å²) >= 11 is 0. The Morgan fingerprint density at radius 3 is 2.21 bits per heavy atom. The number of aryl methyl sites for hydroxylation is 1. The number of halogens is 1. The van der Waals surface area contributed by atoms with Crippen LogP contribution in [0.2, 0.25) is 0 Å². The van der Waals surface area contributed by atoms with Gasteiger partial charge in [0.25, 0.3) is 0 Å². The lowest BCUT2D eigenvalue weighted by Crippen LogP contribution is -3.00. The third-order valence-corrected chi connectivity index (χ3v) is 5.62. The minimum atomic E-state index is -0.522. The van der Waals surface area contributed by atoms with Crippen molar-refractivity contribution in [3.63, 3.8) is 0 Å². The van der Waals surface area contributed by atoms with Crippen LogP contribution in [-0.4, -0.2) is 31.9 Å². The monoisotopic (exact) mass is 471 g/mol. The third kappa shape index (κ3) is 7.97. The van der Waals surface area contributed by atoms with Gasteiger partial charge < -0.3 is 37.0 Å². The Morgan fingerprint density at radius 2 is 1.55 bits per heavy atom. The molecule has 3 N–H and O–H groups in total.